The first-order valence-electron chi connectivity index (χ1n) is 14.2. The Bertz CT molecular complexity index is 1540. The van der Waals surface area contributed by atoms with Crippen LogP contribution >= 0.6 is 0 Å². The molecular weight excluding hydrogens is 572 g/mol. The van der Waals surface area contributed by atoms with Crippen molar-refractivity contribution in [1.29, 1.82) is 0 Å². The Morgan fingerprint density at radius 3 is 2.25 bits per heavy atom. The first-order valence-corrected chi connectivity index (χ1v) is 14.2. The first kappa shape index (κ1) is 31.7. The molecule has 0 bridgehead atoms. The second-order valence-corrected chi connectivity index (χ2v) is 10.2. The van der Waals surface area contributed by atoms with Crippen LogP contribution in [0.2, 0.25) is 0 Å². The summed E-state index contributed by atoms with van der Waals surface area (Å²) in [5.41, 5.74) is 1.61. The van der Waals surface area contributed by atoms with Gasteiger partial charge in [0.05, 0.1) is 12.1 Å². The summed E-state index contributed by atoms with van der Waals surface area (Å²) in [5, 5.41) is 22.7. The van der Waals surface area contributed by atoms with Crippen LogP contribution in [0.1, 0.15) is 41.1 Å². The number of amides is 3. The number of rotatable bonds is 11. The Labute approximate surface area is 253 Å². The maximum Gasteiger partial charge on any atom is 0.409 e. The Kier molecular flexibility index (Phi) is 10.3. The highest BCUT2D eigenvalue weighted by atomic mass is 16.6. The van der Waals surface area contributed by atoms with E-state index in [0.717, 1.165) is 5.56 Å². The molecule has 1 saturated heterocycles. The van der Waals surface area contributed by atoms with Gasteiger partial charge in [0.1, 0.15) is 17.4 Å². The zero-order chi connectivity index (χ0) is 31.8. The minimum Gasteiger partial charge on any atom is -0.481 e. The second-order valence-electron chi connectivity index (χ2n) is 10.2. The number of benzene rings is 2. The molecule has 4 rings (SSSR count). The lowest BCUT2D eigenvalue weighted by Gasteiger charge is -2.35. The lowest BCUT2D eigenvalue weighted by atomic mass is 10.0. The molecular formula is C31H34N4O9. The highest BCUT2D eigenvalue weighted by Crippen LogP contribution is 2.31. The average Bonchev–Trinajstić information content (AvgIpc) is 3.01. The quantitative estimate of drug-likeness (QED) is 0.275. The molecule has 2 unspecified atom stereocenters. The third kappa shape index (κ3) is 7.60. The van der Waals surface area contributed by atoms with Gasteiger partial charge in [-0.1, -0.05) is 36.4 Å². The number of hydrogen-bond donors (Lipinski definition) is 3. The van der Waals surface area contributed by atoms with E-state index in [9.17, 15) is 34.2 Å². The van der Waals surface area contributed by atoms with Gasteiger partial charge in [-0.15, -0.1) is 0 Å². The number of fused-ring (bicyclic) bond motifs is 1. The molecule has 3 N–H and O–H groups in total. The Morgan fingerprint density at radius 2 is 1.61 bits per heavy atom. The number of piperazine rings is 1. The lowest BCUT2D eigenvalue weighted by Crippen LogP contribution is -2.53. The summed E-state index contributed by atoms with van der Waals surface area (Å²) in [5.74, 6) is -5.07. The largest absolute Gasteiger partial charge is 0.481 e. The molecule has 44 heavy (non-hydrogen) atoms. The molecule has 0 saturated carbocycles. The Morgan fingerprint density at radius 1 is 0.932 bits per heavy atom. The number of carbonyl (C=O) groups excluding carboxylic acids is 3. The third-order valence-electron chi connectivity index (χ3n) is 7.16. The fourth-order valence-corrected chi connectivity index (χ4v) is 4.85. The molecule has 1 aliphatic rings. The molecule has 13 heteroatoms. The van der Waals surface area contributed by atoms with E-state index in [0.29, 0.717) is 16.5 Å². The topological polar surface area (TPSA) is 176 Å². The molecule has 232 valence electrons. The molecule has 2 aromatic carbocycles. The van der Waals surface area contributed by atoms with E-state index in [4.69, 9.17) is 9.47 Å². The van der Waals surface area contributed by atoms with Gasteiger partial charge in [-0.05, 0) is 38.0 Å². The molecule has 13 nitrogen and oxygen atoms in total. The molecule has 1 fully saturated rings. The van der Waals surface area contributed by atoms with Crippen LogP contribution in [-0.4, -0.2) is 94.2 Å². The number of aryl methyl sites for hydroxylation is 1. The minimum absolute atomic E-state index is 0.0661. The van der Waals surface area contributed by atoms with E-state index in [-0.39, 0.29) is 57.2 Å². The van der Waals surface area contributed by atoms with Crippen molar-refractivity contribution in [2.24, 2.45) is 5.92 Å². The van der Waals surface area contributed by atoms with Crippen molar-refractivity contribution >= 4 is 40.7 Å². The van der Waals surface area contributed by atoms with Gasteiger partial charge in [0, 0.05) is 49.7 Å². The van der Waals surface area contributed by atoms with Gasteiger partial charge in [-0.2, -0.15) is 0 Å². The second kappa shape index (κ2) is 14.3. The van der Waals surface area contributed by atoms with Gasteiger partial charge >= 0.3 is 18.0 Å². The van der Waals surface area contributed by atoms with Crippen LogP contribution in [0.15, 0.2) is 54.6 Å². The summed E-state index contributed by atoms with van der Waals surface area (Å²) >= 11 is 0. The van der Waals surface area contributed by atoms with Gasteiger partial charge < -0.3 is 34.8 Å². The molecule has 3 aromatic rings. The number of nitrogens with one attached hydrogen (secondary N) is 1. The minimum atomic E-state index is -1.40. The maximum atomic E-state index is 13.2. The molecule has 2 atom stereocenters. The summed E-state index contributed by atoms with van der Waals surface area (Å²) in [6, 6.07) is 15.0. The van der Waals surface area contributed by atoms with E-state index in [1.807, 2.05) is 13.0 Å². The fraction of sp³-hybridized carbons (Fsp3) is 0.355. The number of ether oxygens (including phenoxy) is 2. The number of aromatic nitrogens is 1. The SMILES string of the molecule is CCOC(=O)N1CCN(C(=O)C(CCNC(=O)c2cc(OC(C(=O)O)c3ccccc3)c3ccc(C)cc3n2)C(=O)O)CC1. The summed E-state index contributed by atoms with van der Waals surface area (Å²) in [4.78, 5) is 69.4. The van der Waals surface area contributed by atoms with Crippen LogP contribution in [0, 0.1) is 12.8 Å². The van der Waals surface area contributed by atoms with E-state index in [1.165, 1.54) is 15.9 Å². The molecule has 1 aliphatic heterocycles. The summed E-state index contributed by atoms with van der Waals surface area (Å²) in [6.07, 6.45) is -2.01. The number of pyridine rings is 1. The molecule has 0 radical (unpaired) electrons. The normalized spacial score (nSPS) is 14.4. The van der Waals surface area contributed by atoms with Crippen molar-refractivity contribution in [1.82, 2.24) is 20.1 Å². The van der Waals surface area contributed by atoms with Crippen molar-refractivity contribution in [3.05, 3.63) is 71.4 Å². The van der Waals surface area contributed by atoms with Crippen LogP contribution in [0.5, 0.6) is 5.75 Å². The van der Waals surface area contributed by atoms with Crippen LogP contribution in [0.25, 0.3) is 10.9 Å². The number of hydrogen-bond acceptors (Lipinski definition) is 8. The van der Waals surface area contributed by atoms with Crippen molar-refractivity contribution in [3.63, 3.8) is 0 Å². The van der Waals surface area contributed by atoms with Gasteiger partial charge in [0.2, 0.25) is 12.0 Å². The standard InChI is InChI=1S/C31H34N4O9/c1-3-43-31(42)35-15-13-34(14-16-35)28(37)22(29(38)39)11-12-32-27(36)24-18-25(21-10-9-19(2)17-23(21)33-24)44-26(30(40)41)20-7-5-4-6-8-20/h4-10,17-18,22,26H,3,11-16H2,1-2H3,(H,32,36)(H,38,39)(H,40,41). The molecule has 1 aromatic heterocycles. The Hall–Kier alpha value is -5.20. The van der Waals surface area contributed by atoms with Gasteiger partial charge in [-0.25, -0.2) is 14.6 Å². The molecule has 0 aliphatic carbocycles. The number of nitrogens with zero attached hydrogens (tertiary/aromatic N) is 3. The zero-order valence-electron chi connectivity index (χ0n) is 24.4. The predicted octanol–water partition coefficient (Wildman–Crippen LogP) is 2.87. The highest BCUT2D eigenvalue weighted by Gasteiger charge is 2.33. The predicted molar refractivity (Wildman–Crippen MR) is 157 cm³/mol. The summed E-state index contributed by atoms with van der Waals surface area (Å²) in [7, 11) is 0. The smallest absolute Gasteiger partial charge is 0.409 e. The van der Waals surface area contributed by atoms with Gasteiger partial charge in [0.25, 0.3) is 5.91 Å². The average molecular weight is 607 g/mol. The van der Waals surface area contributed by atoms with Crippen LogP contribution in [0.4, 0.5) is 4.79 Å². The van der Waals surface area contributed by atoms with Crippen LogP contribution in [-0.2, 0) is 19.1 Å². The highest BCUT2D eigenvalue weighted by molar-refractivity contribution is 5.98. The van der Waals surface area contributed by atoms with E-state index in [2.05, 4.69) is 10.3 Å². The number of aliphatic carboxylic acids is 2. The van der Waals surface area contributed by atoms with Crippen molar-refractivity contribution in [3.8, 4) is 5.75 Å². The lowest BCUT2D eigenvalue weighted by molar-refractivity contribution is -0.152. The number of carboxylic acid groups (broad SMARTS) is 2. The van der Waals surface area contributed by atoms with Crippen LogP contribution < -0.4 is 10.1 Å². The van der Waals surface area contributed by atoms with E-state index in [1.54, 1.807) is 49.4 Å². The molecule has 2 heterocycles. The Balaban J connectivity index is 1.46. The molecule has 0 spiro atoms. The summed E-state index contributed by atoms with van der Waals surface area (Å²) < 4.78 is 10.9. The van der Waals surface area contributed by atoms with Crippen molar-refractivity contribution in [2.45, 2.75) is 26.4 Å². The number of carboxylic acids is 2. The van der Waals surface area contributed by atoms with E-state index >= 15 is 0 Å². The molecule has 3 amide bonds. The van der Waals surface area contributed by atoms with Gasteiger partial charge in [-0.3, -0.25) is 14.4 Å². The third-order valence-corrected chi connectivity index (χ3v) is 7.16. The summed E-state index contributed by atoms with van der Waals surface area (Å²) in [6.45, 7) is 4.39. The van der Waals surface area contributed by atoms with Crippen LogP contribution in [0.3, 0.4) is 0 Å². The number of carbonyl (C=O) groups is 5. The maximum absolute atomic E-state index is 13.2. The van der Waals surface area contributed by atoms with Crippen molar-refractivity contribution in [2.75, 3.05) is 39.3 Å². The van der Waals surface area contributed by atoms with Crippen molar-refractivity contribution < 1.29 is 43.7 Å². The zero-order valence-corrected chi connectivity index (χ0v) is 24.4. The monoisotopic (exact) mass is 606 g/mol. The van der Waals surface area contributed by atoms with Gasteiger partial charge in [0.15, 0.2) is 0 Å². The first-order chi connectivity index (χ1) is 21.1. The van der Waals surface area contributed by atoms with E-state index < -0.39 is 41.9 Å². The fourth-order valence-electron chi connectivity index (χ4n) is 4.85.